The Morgan fingerprint density at radius 1 is 1.04 bits per heavy atom. The average Bonchev–Trinajstić information content (AvgIpc) is 2.69. The SMILES string of the molecule is Cc1ccc(C(C)N2CCN(C(=O)COc3ccc(O)cc3)CC2)cc1C. The number of benzene rings is 2. The number of nitrogens with zero attached hydrogens (tertiary/aromatic N) is 2. The summed E-state index contributed by atoms with van der Waals surface area (Å²) in [6, 6.07) is 13.4. The normalized spacial score (nSPS) is 16.2. The molecule has 1 atom stereocenters. The number of phenolic OH excluding ortho intramolecular Hbond substituents is 1. The first-order valence-corrected chi connectivity index (χ1v) is 9.45. The molecule has 5 heteroatoms. The number of carbonyl (C=O) groups excluding carboxylic acids is 1. The van der Waals surface area contributed by atoms with Crippen LogP contribution in [-0.4, -0.2) is 53.6 Å². The fourth-order valence-electron chi connectivity index (χ4n) is 3.37. The van der Waals surface area contributed by atoms with E-state index in [1.807, 2.05) is 4.90 Å². The van der Waals surface area contributed by atoms with Crippen LogP contribution in [0, 0.1) is 13.8 Å². The van der Waals surface area contributed by atoms with E-state index in [1.54, 1.807) is 24.3 Å². The lowest BCUT2D eigenvalue weighted by Crippen LogP contribution is -2.50. The lowest BCUT2D eigenvalue weighted by Gasteiger charge is -2.38. The number of ether oxygens (including phenoxy) is 1. The standard InChI is InChI=1S/C22H28N2O3/c1-16-4-5-19(14-17(16)2)18(3)23-10-12-24(13-11-23)22(26)15-27-21-8-6-20(25)7-9-21/h4-9,14,18,25H,10-13,15H2,1-3H3. The van der Waals surface area contributed by atoms with E-state index >= 15 is 0 Å². The van der Waals surface area contributed by atoms with Crippen molar-refractivity contribution in [3.05, 3.63) is 59.2 Å². The van der Waals surface area contributed by atoms with Gasteiger partial charge in [-0.2, -0.15) is 0 Å². The molecule has 1 aliphatic rings. The van der Waals surface area contributed by atoms with Gasteiger partial charge in [-0.1, -0.05) is 18.2 Å². The van der Waals surface area contributed by atoms with E-state index in [4.69, 9.17) is 4.74 Å². The predicted molar refractivity (Wildman–Crippen MR) is 106 cm³/mol. The fourth-order valence-corrected chi connectivity index (χ4v) is 3.37. The number of amides is 1. The van der Waals surface area contributed by atoms with Crippen molar-refractivity contribution in [1.82, 2.24) is 9.80 Å². The molecule has 144 valence electrons. The number of piperazine rings is 1. The Balaban J connectivity index is 1.49. The number of carbonyl (C=O) groups is 1. The summed E-state index contributed by atoms with van der Waals surface area (Å²) in [6.45, 7) is 9.69. The molecule has 0 aliphatic carbocycles. The molecular formula is C22H28N2O3. The third-order valence-corrected chi connectivity index (χ3v) is 5.43. The first-order chi connectivity index (χ1) is 12.9. The third-order valence-electron chi connectivity index (χ3n) is 5.43. The molecule has 1 saturated heterocycles. The molecule has 0 aromatic heterocycles. The highest BCUT2D eigenvalue weighted by molar-refractivity contribution is 5.77. The quantitative estimate of drug-likeness (QED) is 0.880. The molecule has 2 aromatic carbocycles. The summed E-state index contributed by atoms with van der Waals surface area (Å²) >= 11 is 0. The first-order valence-electron chi connectivity index (χ1n) is 9.45. The van der Waals surface area contributed by atoms with E-state index < -0.39 is 0 Å². The molecular weight excluding hydrogens is 340 g/mol. The Hall–Kier alpha value is -2.53. The number of phenols is 1. The zero-order valence-electron chi connectivity index (χ0n) is 16.3. The van der Waals surface area contributed by atoms with Crippen LogP contribution >= 0.6 is 0 Å². The molecule has 0 bridgehead atoms. The summed E-state index contributed by atoms with van der Waals surface area (Å²) in [5, 5.41) is 9.28. The Kier molecular flexibility index (Phi) is 6.01. The fraction of sp³-hybridized carbons (Fsp3) is 0.409. The topological polar surface area (TPSA) is 53.0 Å². The minimum absolute atomic E-state index is 0.00144. The van der Waals surface area contributed by atoms with Crippen LogP contribution in [0.25, 0.3) is 0 Å². The van der Waals surface area contributed by atoms with Gasteiger partial charge in [-0.05, 0) is 61.7 Å². The van der Waals surface area contributed by atoms with Crippen molar-refractivity contribution in [1.29, 1.82) is 0 Å². The summed E-state index contributed by atoms with van der Waals surface area (Å²) in [7, 11) is 0. The number of hydrogen-bond acceptors (Lipinski definition) is 4. The number of aryl methyl sites for hydroxylation is 2. The molecule has 27 heavy (non-hydrogen) atoms. The van der Waals surface area contributed by atoms with Crippen LogP contribution in [0.2, 0.25) is 0 Å². The minimum Gasteiger partial charge on any atom is -0.508 e. The van der Waals surface area contributed by atoms with Crippen molar-refractivity contribution in [3.8, 4) is 11.5 Å². The molecule has 3 rings (SSSR count). The van der Waals surface area contributed by atoms with Gasteiger partial charge < -0.3 is 14.7 Å². The second-order valence-corrected chi connectivity index (χ2v) is 7.22. The van der Waals surface area contributed by atoms with Gasteiger partial charge in [0.2, 0.25) is 0 Å². The molecule has 1 unspecified atom stereocenters. The monoisotopic (exact) mass is 368 g/mol. The van der Waals surface area contributed by atoms with E-state index in [1.165, 1.54) is 16.7 Å². The summed E-state index contributed by atoms with van der Waals surface area (Å²) < 4.78 is 5.53. The largest absolute Gasteiger partial charge is 0.508 e. The van der Waals surface area contributed by atoms with Crippen molar-refractivity contribution in [2.75, 3.05) is 32.8 Å². The molecule has 1 N–H and O–H groups in total. The summed E-state index contributed by atoms with van der Waals surface area (Å²) in [5.74, 6) is 0.771. The number of aromatic hydroxyl groups is 1. The molecule has 0 spiro atoms. The molecule has 5 nitrogen and oxygen atoms in total. The van der Waals surface area contributed by atoms with Crippen molar-refractivity contribution in [2.45, 2.75) is 26.8 Å². The Morgan fingerprint density at radius 2 is 1.70 bits per heavy atom. The molecule has 1 aliphatic heterocycles. The average molecular weight is 368 g/mol. The Morgan fingerprint density at radius 3 is 2.33 bits per heavy atom. The van der Waals surface area contributed by atoms with E-state index in [0.717, 1.165) is 13.1 Å². The maximum atomic E-state index is 12.4. The van der Waals surface area contributed by atoms with Crippen molar-refractivity contribution >= 4 is 5.91 Å². The zero-order valence-corrected chi connectivity index (χ0v) is 16.3. The smallest absolute Gasteiger partial charge is 0.260 e. The van der Waals surface area contributed by atoms with Crippen LogP contribution in [0.5, 0.6) is 11.5 Å². The van der Waals surface area contributed by atoms with Crippen molar-refractivity contribution in [3.63, 3.8) is 0 Å². The van der Waals surface area contributed by atoms with Gasteiger partial charge in [0.05, 0.1) is 0 Å². The lowest BCUT2D eigenvalue weighted by molar-refractivity contribution is -0.135. The van der Waals surface area contributed by atoms with Gasteiger partial charge in [-0.15, -0.1) is 0 Å². The lowest BCUT2D eigenvalue weighted by atomic mass is 10.0. The minimum atomic E-state index is 0.00144. The number of rotatable bonds is 5. The molecule has 0 radical (unpaired) electrons. The van der Waals surface area contributed by atoms with Gasteiger partial charge in [0.15, 0.2) is 6.61 Å². The maximum absolute atomic E-state index is 12.4. The first kappa shape index (κ1) is 19.2. The second kappa shape index (κ2) is 8.44. The molecule has 0 saturated carbocycles. The van der Waals surface area contributed by atoms with Crippen LogP contribution in [0.3, 0.4) is 0 Å². The van der Waals surface area contributed by atoms with Gasteiger partial charge in [0.25, 0.3) is 5.91 Å². The van der Waals surface area contributed by atoms with Gasteiger partial charge >= 0.3 is 0 Å². The highest BCUT2D eigenvalue weighted by Crippen LogP contribution is 2.24. The van der Waals surface area contributed by atoms with Crippen molar-refractivity contribution in [2.24, 2.45) is 0 Å². The molecule has 1 heterocycles. The van der Waals surface area contributed by atoms with Crippen LogP contribution in [0.1, 0.15) is 29.7 Å². The van der Waals surface area contributed by atoms with E-state index in [0.29, 0.717) is 24.9 Å². The second-order valence-electron chi connectivity index (χ2n) is 7.22. The highest BCUT2D eigenvalue weighted by atomic mass is 16.5. The Labute approximate surface area is 161 Å². The number of hydrogen-bond donors (Lipinski definition) is 1. The van der Waals surface area contributed by atoms with E-state index in [2.05, 4.69) is 43.9 Å². The summed E-state index contributed by atoms with van der Waals surface area (Å²) in [6.07, 6.45) is 0. The van der Waals surface area contributed by atoms with E-state index in [9.17, 15) is 9.90 Å². The van der Waals surface area contributed by atoms with Gasteiger partial charge in [-0.3, -0.25) is 9.69 Å². The van der Waals surface area contributed by atoms with Crippen LogP contribution in [0.15, 0.2) is 42.5 Å². The van der Waals surface area contributed by atoms with Crippen LogP contribution < -0.4 is 4.74 Å². The molecule has 2 aromatic rings. The maximum Gasteiger partial charge on any atom is 0.260 e. The molecule has 1 fully saturated rings. The van der Waals surface area contributed by atoms with Crippen LogP contribution in [-0.2, 0) is 4.79 Å². The molecule has 1 amide bonds. The zero-order chi connectivity index (χ0) is 19.4. The third kappa shape index (κ3) is 4.80. The van der Waals surface area contributed by atoms with E-state index in [-0.39, 0.29) is 18.3 Å². The van der Waals surface area contributed by atoms with Gasteiger partial charge in [0, 0.05) is 32.2 Å². The van der Waals surface area contributed by atoms with Gasteiger partial charge in [0.1, 0.15) is 11.5 Å². The Bertz CT molecular complexity index is 781. The highest BCUT2D eigenvalue weighted by Gasteiger charge is 2.25. The van der Waals surface area contributed by atoms with Crippen LogP contribution in [0.4, 0.5) is 0 Å². The summed E-state index contributed by atoms with van der Waals surface area (Å²) in [4.78, 5) is 16.7. The van der Waals surface area contributed by atoms with Gasteiger partial charge in [-0.25, -0.2) is 0 Å². The predicted octanol–water partition coefficient (Wildman–Crippen LogP) is 3.29. The summed E-state index contributed by atoms with van der Waals surface area (Å²) in [5.41, 5.74) is 3.96. The van der Waals surface area contributed by atoms with Crippen molar-refractivity contribution < 1.29 is 14.6 Å².